The van der Waals surface area contributed by atoms with Crippen LogP contribution in [-0.2, 0) is 11.3 Å². The Morgan fingerprint density at radius 1 is 1.15 bits per heavy atom. The van der Waals surface area contributed by atoms with Gasteiger partial charge in [-0.25, -0.2) is 0 Å². The van der Waals surface area contributed by atoms with Gasteiger partial charge in [-0.05, 0) is 16.3 Å². The summed E-state index contributed by atoms with van der Waals surface area (Å²) >= 11 is 0. The van der Waals surface area contributed by atoms with Gasteiger partial charge in [-0.3, -0.25) is 4.79 Å². The molecule has 1 saturated heterocycles. The van der Waals surface area contributed by atoms with Gasteiger partial charge in [0.05, 0.1) is 6.04 Å². The summed E-state index contributed by atoms with van der Waals surface area (Å²) in [6.07, 6.45) is 0. The van der Waals surface area contributed by atoms with Crippen LogP contribution in [0.1, 0.15) is 5.56 Å². The van der Waals surface area contributed by atoms with Crippen LogP contribution < -0.4 is 16.0 Å². The predicted octanol–water partition coefficient (Wildman–Crippen LogP) is 1.02. The lowest BCUT2D eigenvalue weighted by Gasteiger charge is -2.23. The second-order valence-corrected chi connectivity index (χ2v) is 5.07. The smallest absolute Gasteiger partial charge is 0.238 e. The highest BCUT2D eigenvalue weighted by Gasteiger charge is 2.19. The van der Waals surface area contributed by atoms with Gasteiger partial charge in [-0.2, -0.15) is 0 Å². The van der Waals surface area contributed by atoms with Crippen molar-refractivity contribution in [2.45, 2.75) is 12.6 Å². The molecular formula is C16H19N3O. The lowest BCUT2D eigenvalue weighted by molar-refractivity contribution is -0.123. The van der Waals surface area contributed by atoms with E-state index in [1.54, 1.807) is 0 Å². The van der Waals surface area contributed by atoms with Crippen molar-refractivity contribution in [2.24, 2.45) is 0 Å². The summed E-state index contributed by atoms with van der Waals surface area (Å²) in [5.41, 5.74) is 1.15. The molecule has 0 aliphatic carbocycles. The molecule has 1 unspecified atom stereocenters. The third-order valence-corrected chi connectivity index (χ3v) is 3.69. The van der Waals surface area contributed by atoms with Gasteiger partial charge >= 0.3 is 0 Å². The Hall–Kier alpha value is -1.91. The van der Waals surface area contributed by atoms with E-state index in [0.29, 0.717) is 13.1 Å². The van der Waals surface area contributed by atoms with Crippen molar-refractivity contribution in [2.75, 3.05) is 19.6 Å². The molecule has 0 radical (unpaired) electrons. The number of amides is 1. The molecule has 0 aromatic heterocycles. The van der Waals surface area contributed by atoms with Crippen molar-refractivity contribution >= 4 is 16.7 Å². The fourth-order valence-electron chi connectivity index (χ4n) is 2.59. The van der Waals surface area contributed by atoms with Crippen LogP contribution in [0.2, 0.25) is 0 Å². The molecule has 20 heavy (non-hydrogen) atoms. The van der Waals surface area contributed by atoms with Gasteiger partial charge in [0.25, 0.3) is 0 Å². The average molecular weight is 269 g/mol. The van der Waals surface area contributed by atoms with Crippen molar-refractivity contribution in [1.82, 2.24) is 16.0 Å². The monoisotopic (exact) mass is 269 g/mol. The lowest BCUT2D eigenvalue weighted by atomic mass is 10.0. The highest BCUT2D eigenvalue weighted by molar-refractivity contribution is 5.87. The maximum absolute atomic E-state index is 12.1. The third-order valence-electron chi connectivity index (χ3n) is 3.69. The van der Waals surface area contributed by atoms with Crippen molar-refractivity contribution < 1.29 is 4.79 Å². The van der Waals surface area contributed by atoms with E-state index in [-0.39, 0.29) is 11.9 Å². The van der Waals surface area contributed by atoms with Crippen LogP contribution in [0.5, 0.6) is 0 Å². The van der Waals surface area contributed by atoms with E-state index in [9.17, 15) is 4.79 Å². The summed E-state index contributed by atoms with van der Waals surface area (Å²) < 4.78 is 0. The Bertz CT molecular complexity index is 600. The van der Waals surface area contributed by atoms with Gasteiger partial charge in [-0.15, -0.1) is 0 Å². The first kappa shape index (κ1) is 13.1. The molecule has 4 heteroatoms. The maximum atomic E-state index is 12.1. The zero-order chi connectivity index (χ0) is 13.8. The first-order valence-corrected chi connectivity index (χ1v) is 7.03. The molecule has 2 aromatic carbocycles. The molecule has 2 aromatic rings. The number of carbonyl (C=O) groups is 1. The van der Waals surface area contributed by atoms with E-state index < -0.39 is 0 Å². The van der Waals surface area contributed by atoms with Gasteiger partial charge in [0.1, 0.15) is 0 Å². The Morgan fingerprint density at radius 3 is 2.85 bits per heavy atom. The molecule has 104 valence electrons. The molecule has 4 nitrogen and oxygen atoms in total. The van der Waals surface area contributed by atoms with Crippen molar-refractivity contribution in [1.29, 1.82) is 0 Å². The summed E-state index contributed by atoms with van der Waals surface area (Å²) in [5, 5.41) is 11.9. The fraction of sp³-hybridized carbons (Fsp3) is 0.312. The summed E-state index contributed by atoms with van der Waals surface area (Å²) in [7, 11) is 0. The Balaban J connectivity index is 1.69. The lowest BCUT2D eigenvalue weighted by Crippen LogP contribution is -2.55. The molecule has 1 atom stereocenters. The van der Waals surface area contributed by atoms with Gasteiger partial charge in [0, 0.05) is 26.2 Å². The number of hydrogen-bond donors (Lipinski definition) is 3. The van der Waals surface area contributed by atoms with Crippen LogP contribution in [0.25, 0.3) is 10.8 Å². The molecule has 1 amide bonds. The Morgan fingerprint density at radius 2 is 2.00 bits per heavy atom. The van der Waals surface area contributed by atoms with E-state index in [0.717, 1.165) is 18.7 Å². The van der Waals surface area contributed by atoms with Crippen LogP contribution in [0.15, 0.2) is 42.5 Å². The minimum Gasteiger partial charge on any atom is -0.351 e. The number of nitrogens with one attached hydrogen (secondary N) is 3. The van der Waals surface area contributed by atoms with E-state index in [2.05, 4.69) is 40.2 Å². The molecule has 1 aliphatic heterocycles. The number of fused-ring (bicyclic) bond motifs is 1. The molecule has 3 N–H and O–H groups in total. The third kappa shape index (κ3) is 2.81. The highest BCUT2D eigenvalue weighted by Crippen LogP contribution is 2.18. The molecule has 0 bridgehead atoms. The number of rotatable bonds is 3. The van der Waals surface area contributed by atoms with Gasteiger partial charge in [-0.1, -0.05) is 42.5 Å². The SMILES string of the molecule is O=C(NCc1cccc2ccccc12)C1CNCCN1. The molecule has 3 rings (SSSR count). The largest absolute Gasteiger partial charge is 0.351 e. The molecule has 0 saturated carbocycles. The summed E-state index contributed by atoms with van der Waals surface area (Å²) in [5.74, 6) is 0.0603. The van der Waals surface area contributed by atoms with Crippen molar-refractivity contribution in [3.8, 4) is 0 Å². The Labute approximate surface area is 118 Å². The summed E-state index contributed by atoms with van der Waals surface area (Å²) in [6.45, 7) is 3.03. The molecule has 0 spiro atoms. The standard InChI is InChI=1S/C16H19N3O/c20-16(15-11-17-8-9-18-15)19-10-13-6-3-5-12-4-1-2-7-14(12)13/h1-7,15,17-18H,8-11H2,(H,19,20). The molecule has 1 fully saturated rings. The first-order valence-electron chi connectivity index (χ1n) is 7.03. The van der Waals surface area contributed by atoms with E-state index in [4.69, 9.17) is 0 Å². The van der Waals surface area contributed by atoms with Crippen LogP contribution in [-0.4, -0.2) is 31.6 Å². The normalized spacial score (nSPS) is 18.9. The average Bonchev–Trinajstić information content (AvgIpc) is 2.53. The number of piperazine rings is 1. The summed E-state index contributed by atoms with van der Waals surface area (Å²) in [4.78, 5) is 12.1. The summed E-state index contributed by atoms with van der Waals surface area (Å²) in [6, 6.07) is 14.3. The van der Waals surface area contributed by atoms with Gasteiger partial charge in [0.2, 0.25) is 5.91 Å². The second-order valence-electron chi connectivity index (χ2n) is 5.07. The van der Waals surface area contributed by atoms with Gasteiger partial charge < -0.3 is 16.0 Å². The van der Waals surface area contributed by atoms with Crippen LogP contribution in [0.3, 0.4) is 0 Å². The molecular weight excluding hydrogens is 250 g/mol. The predicted molar refractivity (Wildman–Crippen MR) is 80.5 cm³/mol. The second kappa shape index (κ2) is 6.03. The minimum atomic E-state index is -0.126. The van der Waals surface area contributed by atoms with Crippen LogP contribution in [0.4, 0.5) is 0 Å². The van der Waals surface area contributed by atoms with E-state index in [1.807, 2.05) is 18.2 Å². The molecule has 1 aliphatic rings. The zero-order valence-corrected chi connectivity index (χ0v) is 11.4. The number of benzene rings is 2. The quantitative estimate of drug-likeness (QED) is 0.780. The Kier molecular flexibility index (Phi) is 3.95. The van der Waals surface area contributed by atoms with Crippen LogP contribution >= 0.6 is 0 Å². The highest BCUT2D eigenvalue weighted by atomic mass is 16.2. The number of carbonyl (C=O) groups excluding carboxylic acids is 1. The van der Waals surface area contributed by atoms with Gasteiger partial charge in [0.15, 0.2) is 0 Å². The van der Waals surface area contributed by atoms with Crippen LogP contribution in [0, 0.1) is 0 Å². The van der Waals surface area contributed by atoms with E-state index in [1.165, 1.54) is 10.8 Å². The topological polar surface area (TPSA) is 53.2 Å². The minimum absolute atomic E-state index is 0.0603. The first-order chi connectivity index (χ1) is 9.84. The maximum Gasteiger partial charge on any atom is 0.238 e. The van der Waals surface area contributed by atoms with Crippen molar-refractivity contribution in [3.63, 3.8) is 0 Å². The number of hydrogen-bond acceptors (Lipinski definition) is 3. The fourth-order valence-corrected chi connectivity index (χ4v) is 2.59. The zero-order valence-electron chi connectivity index (χ0n) is 11.4. The van der Waals surface area contributed by atoms with Crippen molar-refractivity contribution in [3.05, 3.63) is 48.0 Å². The van der Waals surface area contributed by atoms with E-state index >= 15 is 0 Å². The molecule has 1 heterocycles.